The van der Waals surface area contributed by atoms with Crippen LogP contribution in [0.5, 0.6) is 5.75 Å². The number of benzene rings is 1. The highest BCUT2D eigenvalue weighted by molar-refractivity contribution is 5.92. The van der Waals surface area contributed by atoms with Crippen LogP contribution in [0.2, 0.25) is 0 Å². The minimum Gasteiger partial charge on any atom is -0.493 e. The van der Waals surface area contributed by atoms with Crippen LogP contribution in [-0.2, 0) is 27.2 Å². The van der Waals surface area contributed by atoms with Gasteiger partial charge >= 0.3 is 5.97 Å². The number of esters is 1. The Balaban J connectivity index is 1.70. The monoisotopic (exact) mass is 492 g/mol. The zero-order valence-electron chi connectivity index (χ0n) is 21.7. The molecular formula is C29H36N2O5. The van der Waals surface area contributed by atoms with Gasteiger partial charge in [-0.2, -0.15) is 0 Å². The largest absolute Gasteiger partial charge is 0.493 e. The number of hydrogen-bond donors (Lipinski definition) is 0. The summed E-state index contributed by atoms with van der Waals surface area (Å²) in [5, 5.41) is 0. The van der Waals surface area contributed by atoms with Crippen LogP contribution in [0.4, 0.5) is 0 Å². The van der Waals surface area contributed by atoms with Gasteiger partial charge in [0.25, 0.3) is 0 Å². The Hall–Kier alpha value is -3.61. The molecule has 2 heterocycles. The highest BCUT2D eigenvalue weighted by Crippen LogP contribution is 2.34. The van der Waals surface area contributed by atoms with Crippen LogP contribution >= 0.6 is 0 Å². The molecule has 0 fully saturated rings. The van der Waals surface area contributed by atoms with E-state index in [-0.39, 0.29) is 5.91 Å². The number of rotatable bonds is 11. The Bertz CT molecular complexity index is 1130. The van der Waals surface area contributed by atoms with Gasteiger partial charge in [0, 0.05) is 19.0 Å². The lowest BCUT2D eigenvalue weighted by Crippen LogP contribution is -2.43. The van der Waals surface area contributed by atoms with Gasteiger partial charge < -0.3 is 18.8 Å². The third-order valence-electron chi connectivity index (χ3n) is 6.10. The SMILES string of the molecule is CC=CC=CC(=O)N1CCc2ccc(OCCc3nc(/C=C/CCCC)oc3C)cc2C1C(=O)OC. The molecule has 0 bridgehead atoms. The van der Waals surface area contributed by atoms with E-state index in [9.17, 15) is 9.59 Å². The highest BCUT2D eigenvalue weighted by atomic mass is 16.5. The molecule has 1 aromatic carbocycles. The second kappa shape index (κ2) is 13.5. The quantitative estimate of drug-likeness (QED) is 0.177. The van der Waals surface area contributed by atoms with Crippen molar-refractivity contribution in [1.82, 2.24) is 9.88 Å². The third kappa shape index (κ3) is 6.97. The first-order valence-electron chi connectivity index (χ1n) is 12.5. The van der Waals surface area contributed by atoms with Crippen molar-refractivity contribution in [3.63, 3.8) is 0 Å². The molecule has 2 aromatic rings. The van der Waals surface area contributed by atoms with E-state index in [1.54, 1.807) is 17.1 Å². The Morgan fingerprint density at radius 3 is 2.86 bits per heavy atom. The van der Waals surface area contributed by atoms with E-state index in [0.29, 0.717) is 37.6 Å². The predicted octanol–water partition coefficient (Wildman–Crippen LogP) is 5.54. The number of nitrogens with zero attached hydrogens (tertiary/aromatic N) is 2. The average Bonchev–Trinajstić information content (AvgIpc) is 3.24. The summed E-state index contributed by atoms with van der Waals surface area (Å²) in [5.74, 6) is 1.31. The zero-order chi connectivity index (χ0) is 25.9. The number of ether oxygens (including phenoxy) is 2. The molecule has 1 aliphatic heterocycles. The summed E-state index contributed by atoms with van der Waals surface area (Å²) in [6.45, 7) is 6.79. The number of carbonyl (C=O) groups is 2. The summed E-state index contributed by atoms with van der Waals surface area (Å²) >= 11 is 0. The Morgan fingerprint density at radius 1 is 1.28 bits per heavy atom. The first kappa shape index (κ1) is 27.0. The van der Waals surface area contributed by atoms with E-state index >= 15 is 0 Å². The van der Waals surface area contributed by atoms with Gasteiger partial charge in [0.1, 0.15) is 11.5 Å². The van der Waals surface area contributed by atoms with Crippen LogP contribution in [0.15, 0.2) is 53.0 Å². The number of oxazole rings is 1. The van der Waals surface area contributed by atoms with E-state index in [4.69, 9.17) is 13.9 Å². The number of aromatic nitrogens is 1. The predicted molar refractivity (Wildman–Crippen MR) is 140 cm³/mol. The minimum absolute atomic E-state index is 0.235. The first-order chi connectivity index (χ1) is 17.5. The van der Waals surface area contributed by atoms with Gasteiger partial charge in [-0.1, -0.05) is 50.1 Å². The van der Waals surface area contributed by atoms with Crippen LogP contribution < -0.4 is 4.74 Å². The maximum absolute atomic E-state index is 12.8. The topological polar surface area (TPSA) is 81.9 Å². The first-order valence-corrected chi connectivity index (χ1v) is 12.5. The number of unbranched alkanes of at least 4 members (excludes halogenated alkanes) is 2. The van der Waals surface area contributed by atoms with Gasteiger partial charge in [-0.3, -0.25) is 4.79 Å². The summed E-state index contributed by atoms with van der Waals surface area (Å²) in [7, 11) is 1.34. The summed E-state index contributed by atoms with van der Waals surface area (Å²) in [4.78, 5) is 31.6. The standard InChI is InChI=1S/C29H36N2O5/c1-5-7-9-11-12-26-30-25(21(3)36-26)17-19-35-23-15-14-22-16-18-31(27(32)13-10-8-6-2)28(24(22)20-23)29(33)34-4/h6,8,10-15,20,28H,5,7,9,16-19H2,1-4H3/b8-6?,12-11+,13-10?. The molecule has 3 rings (SSSR count). The molecule has 0 saturated heterocycles. The Labute approximate surface area is 213 Å². The average molecular weight is 493 g/mol. The van der Waals surface area contributed by atoms with Crippen molar-refractivity contribution in [2.75, 3.05) is 20.3 Å². The fourth-order valence-electron chi connectivity index (χ4n) is 4.16. The molecule has 0 spiro atoms. The third-order valence-corrected chi connectivity index (χ3v) is 6.10. The van der Waals surface area contributed by atoms with Crippen LogP contribution in [0, 0.1) is 6.92 Å². The molecule has 1 amide bonds. The van der Waals surface area contributed by atoms with Crippen molar-refractivity contribution in [3.8, 4) is 5.75 Å². The molecule has 0 aliphatic carbocycles. The minimum atomic E-state index is -0.815. The molecule has 36 heavy (non-hydrogen) atoms. The van der Waals surface area contributed by atoms with Crippen molar-refractivity contribution in [2.45, 2.75) is 58.9 Å². The summed E-state index contributed by atoms with van der Waals surface area (Å²) in [6.07, 6.45) is 15.3. The molecule has 0 radical (unpaired) electrons. The molecule has 1 unspecified atom stereocenters. The molecule has 0 N–H and O–H groups in total. The van der Waals surface area contributed by atoms with E-state index in [1.807, 2.05) is 44.2 Å². The van der Waals surface area contributed by atoms with Gasteiger partial charge in [0.05, 0.1) is 19.4 Å². The summed E-state index contributed by atoms with van der Waals surface area (Å²) in [6, 6.07) is 4.88. The zero-order valence-corrected chi connectivity index (χ0v) is 21.7. The van der Waals surface area contributed by atoms with Gasteiger partial charge in [-0.25, -0.2) is 9.78 Å². The van der Waals surface area contributed by atoms with Gasteiger partial charge in [-0.05, 0) is 56.0 Å². The lowest BCUT2D eigenvalue weighted by Gasteiger charge is -2.35. The van der Waals surface area contributed by atoms with Crippen LogP contribution in [0.25, 0.3) is 6.08 Å². The summed E-state index contributed by atoms with van der Waals surface area (Å²) < 4.78 is 16.8. The summed E-state index contributed by atoms with van der Waals surface area (Å²) in [5.41, 5.74) is 2.60. The van der Waals surface area contributed by atoms with Crippen LogP contribution in [0.3, 0.4) is 0 Å². The smallest absolute Gasteiger partial charge is 0.333 e. The van der Waals surface area contributed by atoms with Crippen LogP contribution in [0.1, 0.15) is 67.6 Å². The number of aryl methyl sites for hydroxylation is 1. The van der Waals surface area contributed by atoms with Crippen molar-refractivity contribution in [2.24, 2.45) is 0 Å². The molecule has 7 nitrogen and oxygen atoms in total. The normalized spacial score (nSPS) is 15.7. The lowest BCUT2D eigenvalue weighted by molar-refractivity contribution is -0.152. The van der Waals surface area contributed by atoms with Gasteiger partial charge in [0.2, 0.25) is 11.8 Å². The second-order valence-corrected chi connectivity index (χ2v) is 8.65. The number of methoxy groups -OCH3 is 1. The van der Waals surface area contributed by atoms with E-state index < -0.39 is 12.0 Å². The maximum atomic E-state index is 12.8. The Kier molecular flexibility index (Phi) is 10.1. The fourth-order valence-corrected chi connectivity index (χ4v) is 4.16. The van der Waals surface area contributed by atoms with Crippen molar-refractivity contribution < 1.29 is 23.5 Å². The van der Waals surface area contributed by atoms with E-state index in [2.05, 4.69) is 18.0 Å². The molecule has 7 heteroatoms. The molecule has 0 saturated carbocycles. The fraction of sp³-hybridized carbons (Fsp3) is 0.414. The van der Waals surface area contributed by atoms with Gasteiger partial charge in [-0.15, -0.1) is 0 Å². The molecule has 1 aliphatic rings. The van der Waals surface area contributed by atoms with Crippen molar-refractivity contribution in [1.29, 1.82) is 0 Å². The number of allylic oxidation sites excluding steroid dienone is 4. The highest BCUT2D eigenvalue weighted by Gasteiger charge is 2.36. The van der Waals surface area contributed by atoms with Crippen LogP contribution in [-0.4, -0.2) is 42.0 Å². The second-order valence-electron chi connectivity index (χ2n) is 8.65. The Morgan fingerprint density at radius 2 is 2.11 bits per heavy atom. The number of carbonyl (C=O) groups excluding carboxylic acids is 2. The maximum Gasteiger partial charge on any atom is 0.333 e. The number of hydrogen-bond acceptors (Lipinski definition) is 6. The molecular weight excluding hydrogens is 456 g/mol. The van der Waals surface area contributed by atoms with Crippen molar-refractivity contribution >= 4 is 18.0 Å². The van der Waals surface area contributed by atoms with Gasteiger partial charge in [0.15, 0.2) is 6.04 Å². The molecule has 1 atom stereocenters. The molecule has 192 valence electrons. The van der Waals surface area contributed by atoms with Crippen molar-refractivity contribution in [3.05, 3.63) is 77.1 Å². The van der Waals surface area contributed by atoms with E-state index in [1.165, 1.54) is 13.2 Å². The molecule has 1 aromatic heterocycles. The lowest BCUT2D eigenvalue weighted by atomic mass is 9.92. The van der Waals surface area contributed by atoms with E-state index in [0.717, 1.165) is 41.8 Å². The number of amides is 1. The number of fused-ring (bicyclic) bond motifs is 1.